The fraction of sp³-hybridized carbons (Fsp3) is 0.500. The van der Waals surface area contributed by atoms with Crippen molar-refractivity contribution in [3.63, 3.8) is 0 Å². The van der Waals surface area contributed by atoms with Crippen molar-refractivity contribution in [3.05, 3.63) is 22.3 Å². The second kappa shape index (κ2) is 4.78. The summed E-state index contributed by atoms with van der Waals surface area (Å²) in [6, 6.07) is 0. The lowest BCUT2D eigenvalue weighted by Gasteiger charge is -2.20. The van der Waals surface area contributed by atoms with Gasteiger partial charge in [0.25, 0.3) is 0 Å². The molecule has 0 spiro atoms. The van der Waals surface area contributed by atoms with Gasteiger partial charge in [-0.25, -0.2) is 0 Å². The average Bonchev–Trinajstić information content (AvgIpc) is 2.27. The van der Waals surface area contributed by atoms with Crippen LogP contribution in [0.2, 0.25) is 0 Å². The van der Waals surface area contributed by atoms with Gasteiger partial charge in [-0.15, -0.1) is 0 Å². The van der Waals surface area contributed by atoms with E-state index < -0.39 is 0 Å². The van der Waals surface area contributed by atoms with Crippen LogP contribution in [0.25, 0.3) is 0 Å². The third-order valence-corrected chi connectivity index (χ3v) is 3.50. The second-order valence-electron chi connectivity index (χ2n) is 4.50. The molecular formula is C14H20O3. The van der Waals surface area contributed by atoms with Gasteiger partial charge in [0.1, 0.15) is 17.3 Å². The second-order valence-corrected chi connectivity index (χ2v) is 4.50. The first kappa shape index (κ1) is 13.6. The maximum absolute atomic E-state index is 11.5. The number of hydrogen-bond acceptors (Lipinski definition) is 3. The maximum Gasteiger partial charge on any atom is 0.137 e. The van der Waals surface area contributed by atoms with Crippen LogP contribution >= 0.6 is 0 Å². The molecule has 0 saturated carbocycles. The van der Waals surface area contributed by atoms with Crippen molar-refractivity contribution in [2.45, 2.75) is 40.5 Å². The van der Waals surface area contributed by atoms with Crippen molar-refractivity contribution in [1.29, 1.82) is 0 Å². The summed E-state index contributed by atoms with van der Waals surface area (Å²) in [5.74, 6) is 0.684. The van der Waals surface area contributed by atoms with E-state index in [1.165, 1.54) is 6.92 Å². The van der Waals surface area contributed by atoms with Crippen LogP contribution in [0.15, 0.2) is 0 Å². The Hall–Kier alpha value is -1.51. The van der Waals surface area contributed by atoms with Gasteiger partial charge >= 0.3 is 0 Å². The molecule has 17 heavy (non-hydrogen) atoms. The van der Waals surface area contributed by atoms with E-state index in [1.807, 2.05) is 20.8 Å². The number of ketones is 1. The topological polar surface area (TPSA) is 46.5 Å². The predicted octanol–water partition coefficient (Wildman–Crippen LogP) is 3.02. The summed E-state index contributed by atoms with van der Waals surface area (Å²) in [7, 11) is 1.61. The van der Waals surface area contributed by atoms with Crippen molar-refractivity contribution < 1.29 is 14.6 Å². The number of aromatic hydroxyl groups is 1. The fourth-order valence-corrected chi connectivity index (χ4v) is 2.17. The molecule has 1 aromatic rings. The SMILES string of the molecule is COc1c(C)c(C)c(O)c(C(C)C(C)=O)c1C. The lowest BCUT2D eigenvalue weighted by molar-refractivity contribution is -0.118. The van der Waals surface area contributed by atoms with Crippen molar-refractivity contribution in [1.82, 2.24) is 0 Å². The molecule has 1 unspecified atom stereocenters. The molecule has 0 amide bonds. The summed E-state index contributed by atoms with van der Waals surface area (Å²) in [5, 5.41) is 10.2. The van der Waals surface area contributed by atoms with Gasteiger partial charge in [-0.1, -0.05) is 6.92 Å². The molecule has 3 nitrogen and oxygen atoms in total. The molecule has 3 heteroatoms. The van der Waals surface area contributed by atoms with Crippen LogP contribution in [0.4, 0.5) is 0 Å². The highest BCUT2D eigenvalue weighted by Crippen LogP contribution is 2.40. The van der Waals surface area contributed by atoms with Gasteiger partial charge in [0.2, 0.25) is 0 Å². The fourth-order valence-electron chi connectivity index (χ4n) is 2.17. The monoisotopic (exact) mass is 236 g/mol. The summed E-state index contributed by atoms with van der Waals surface area (Å²) in [6.07, 6.45) is 0. The number of ether oxygens (including phenoxy) is 1. The number of hydrogen-bond donors (Lipinski definition) is 1. The van der Waals surface area contributed by atoms with E-state index in [4.69, 9.17) is 4.74 Å². The van der Waals surface area contributed by atoms with E-state index >= 15 is 0 Å². The zero-order valence-electron chi connectivity index (χ0n) is 11.3. The molecule has 0 aliphatic rings. The molecule has 1 N–H and O–H groups in total. The molecular weight excluding hydrogens is 216 g/mol. The molecule has 0 bridgehead atoms. The molecule has 0 saturated heterocycles. The smallest absolute Gasteiger partial charge is 0.137 e. The number of Topliss-reactive ketones (excluding diaryl/α,β-unsaturated/α-hetero) is 1. The van der Waals surface area contributed by atoms with E-state index in [2.05, 4.69) is 0 Å². The summed E-state index contributed by atoms with van der Waals surface area (Å²) in [4.78, 5) is 11.5. The average molecular weight is 236 g/mol. The molecule has 0 aliphatic carbocycles. The van der Waals surface area contributed by atoms with Crippen LogP contribution in [-0.4, -0.2) is 18.0 Å². The molecule has 0 radical (unpaired) electrons. The minimum absolute atomic E-state index is 0.0358. The van der Waals surface area contributed by atoms with Gasteiger partial charge in [-0.05, 0) is 44.4 Å². The summed E-state index contributed by atoms with van der Waals surface area (Å²) >= 11 is 0. The lowest BCUT2D eigenvalue weighted by atomic mass is 9.88. The van der Waals surface area contributed by atoms with E-state index in [1.54, 1.807) is 14.0 Å². The molecule has 1 atom stereocenters. The van der Waals surface area contributed by atoms with E-state index in [0.29, 0.717) is 5.56 Å². The molecule has 1 aromatic carbocycles. The third kappa shape index (κ3) is 2.14. The predicted molar refractivity (Wildman–Crippen MR) is 68.0 cm³/mol. The Balaban J connectivity index is 3.61. The third-order valence-electron chi connectivity index (χ3n) is 3.50. The first-order valence-corrected chi connectivity index (χ1v) is 5.69. The zero-order valence-corrected chi connectivity index (χ0v) is 11.3. The van der Waals surface area contributed by atoms with Crippen LogP contribution in [0.1, 0.15) is 42.0 Å². The number of methoxy groups -OCH3 is 1. The highest BCUT2D eigenvalue weighted by Gasteiger charge is 2.23. The Morgan fingerprint density at radius 3 is 2.12 bits per heavy atom. The highest BCUT2D eigenvalue weighted by molar-refractivity contribution is 5.85. The van der Waals surface area contributed by atoms with Gasteiger partial charge in [-0.2, -0.15) is 0 Å². The summed E-state index contributed by atoms with van der Waals surface area (Å²) < 4.78 is 5.36. The molecule has 94 valence electrons. The summed E-state index contributed by atoms with van der Waals surface area (Å²) in [5.41, 5.74) is 3.21. The van der Waals surface area contributed by atoms with Gasteiger partial charge in [-0.3, -0.25) is 4.79 Å². The minimum Gasteiger partial charge on any atom is -0.507 e. The van der Waals surface area contributed by atoms with Crippen molar-refractivity contribution in [2.24, 2.45) is 0 Å². The van der Waals surface area contributed by atoms with Gasteiger partial charge in [0.05, 0.1) is 7.11 Å². The molecule has 0 aliphatic heterocycles. The van der Waals surface area contributed by atoms with Crippen molar-refractivity contribution in [2.75, 3.05) is 7.11 Å². The van der Waals surface area contributed by atoms with Crippen LogP contribution in [0.3, 0.4) is 0 Å². The molecule has 1 rings (SSSR count). The van der Waals surface area contributed by atoms with Gasteiger partial charge < -0.3 is 9.84 Å². The van der Waals surface area contributed by atoms with Crippen LogP contribution in [0.5, 0.6) is 11.5 Å². The maximum atomic E-state index is 11.5. The van der Waals surface area contributed by atoms with Crippen molar-refractivity contribution >= 4 is 5.78 Å². The Bertz CT molecular complexity index is 461. The van der Waals surface area contributed by atoms with Crippen LogP contribution in [0, 0.1) is 20.8 Å². The first-order valence-electron chi connectivity index (χ1n) is 5.69. The molecule has 0 aromatic heterocycles. The Labute approximate surface area is 102 Å². The number of benzene rings is 1. The number of carbonyl (C=O) groups is 1. The van der Waals surface area contributed by atoms with E-state index in [0.717, 1.165) is 22.4 Å². The standard InChI is InChI=1S/C14H20O3/c1-7-8(2)14(17-6)10(4)12(13(7)16)9(3)11(5)15/h9,16H,1-6H3. The van der Waals surface area contributed by atoms with E-state index in [9.17, 15) is 9.90 Å². The Morgan fingerprint density at radius 1 is 1.18 bits per heavy atom. The molecule has 0 heterocycles. The first-order chi connectivity index (χ1) is 7.82. The quantitative estimate of drug-likeness (QED) is 0.877. The number of phenols is 1. The van der Waals surface area contributed by atoms with Gasteiger partial charge in [0.15, 0.2) is 0 Å². The largest absolute Gasteiger partial charge is 0.507 e. The molecule has 0 fully saturated rings. The zero-order chi connectivity index (χ0) is 13.3. The minimum atomic E-state index is -0.316. The highest BCUT2D eigenvalue weighted by atomic mass is 16.5. The Morgan fingerprint density at radius 2 is 1.71 bits per heavy atom. The lowest BCUT2D eigenvalue weighted by Crippen LogP contribution is -2.09. The summed E-state index contributed by atoms with van der Waals surface area (Å²) in [6.45, 7) is 8.95. The van der Waals surface area contributed by atoms with Gasteiger partial charge in [0, 0.05) is 11.5 Å². The van der Waals surface area contributed by atoms with Crippen molar-refractivity contribution in [3.8, 4) is 11.5 Å². The number of carbonyl (C=O) groups excluding carboxylic acids is 1. The normalized spacial score (nSPS) is 12.4. The van der Waals surface area contributed by atoms with Crippen LogP contribution < -0.4 is 4.74 Å². The Kier molecular flexibility index (Phi) is 3.81. The number of phenolic OH excluding ortho intramolecular Hbond substituents is 1. The van der Waals surface area contributed by atoms with Crippen LogP contribution in [-0.2, 0) is 4.79 Å². The van der Waals surface area contributed by atoms with E-state index in [-0.39, 0.29) is 17.5 Å². The number of rotatable bonds is 3.